The Labute approximate surface area is 74.8 Å². The second kappa shape index (κ2) is 3.18. The Kier molecular flexibility index (Phi) is 1.88. The van der Waals surface area contributed by atoms with E-state index in [1.807, 2.05) is 30.3 Å². The Morgan fingerprint density at radius 2 is 2.00 bits per heavy atom. The monoisotopic (exact) mass is 173 g/mol. The van der Waals surface area contributed by atoms with E-state index in [9.17, 15) is 4.91 Å². The molecule has 0 amide bonds. The van der Waals surface area contributed by atoms with Crippen LogP contribution in [0.2, 0.25) is 0 Å². The fourth-order valence-corrected chi connectivity index (χ4v) is 1.16. The number of benzene rings is 1. The molecular weight excluding hydrogens is 166 g/mol. The lowest BCUT2D eigenvalue weighted by atomic mass is 10.2. The molecule has 13 heavy (non-hydrogen) atoms. The van der Waals surface area contributed by atoms with Gasteiger partial charge in [0.1, 0.15) is 0 Å². The van der Waals surface area contributed by atoms with Gasteiger partial charge in [0.2, 0.25) is 0 Å². The Morgan fingerprint density at radius 3 is 2.69 bits per heavy atom. The van der Waals surface area contributed by atoms with E-state index in [2.05, 4.69) is 10.3 Å². The topological polar surface area (TPSA) is 47.2 Å². The average Bonchev–Trinajstić information content (AvgIpc) is 2.67. The minimum absolute atomic E-state index is 0.565. The molecule has 2 aromatic rings. The van der Waals surface area contributed by atoms with Crippen molar-refractivity contribution in [2.45, 2.75) is 0 Å². The largest absolute Gasteiger partial charge is 0.235 e. The van der Waals surface area contributed by atoms with Crippen molar-refractivity contribution in [3.05, 3.63) is 47.6 Å². The standard InChI is InChI=1S/C9H7N3O/c13-11-12-7-6-10-9(12)8-4-2-1-3-5-8/h1-7H. The Balaban J connectivity index is 2.52. The van der Waals surface area contributed by atoms with Gasteiger partial charge in [0, 0.05) is 11.8 Å². The SMILES string of the molecule is O=Nn1ccnc1-c1ccccc1. The maximum atomic E-state index is 10.3. The van der Waals surface area contributed by atoms with Crippen LogP contribution in [-0.2, 0) is 0 Å². The molecule has 4 heteroatoms. The third-order valence-electron chi connectivity index (χ3n) is 1.74. The van der Waals surface area contributed by atoms with Crippen LogP contribution in [0.4, 0.5) is 0 Å². The van der Waals surface area contributed by atoms with Crippen molar-refractivity contribution in [2.24, 2.45) is 5.29 Å². The van der Waals surface area contributed by atoms with Crippen molar-refractivity contribution < 1.29 is 0 Å². The molecule has 0 aliphatic heterocycles. The molecule has 0 N–H and O–H groups in total. The van der Waals surface area contributed by atoms with Gasteiger partial charge in [-0.3, -0.25) is 0 Å². The molecular formula is C9H7N3O. The zero-order chi connectivity index (χ0) is 9.10. The highest BCUT2D eigenvalue weighted by atomic mass is 16.3. The number of hydrogen-bond acceptors (Lipinski definition) is 3. The van der Waals surface area contributed by atoms with E-state index in [0.717, 1.165) is 5.56 Å². The molecule has 1 aromatic carbocycles. The molecule has 0 fully saturated rings. The minimum Gasteiger partial charge on any atom is -0.235 e. The average molecular weight is 173 g/mol. The van der Waals surface area contributed by atoms with Crippen molar-refractivity contribution in [2.75, 3.05) is 0 Å². The van der Waals surface area contributed by atoms with Crippen LogP contribution in [-0.4, -0.2) is 9.66 Å². The molecule has 0 saturated heterocycles. The molecule has 0 saturated carbocycles. The molecule has 0 bridgehead atoms. The molecule has 0 aliphatic rings. The van der Waals surface area contributed by atoms with Crippen molar-refractivity contribution in [3.63, 3.8) is 0 Å². The molecule has 1 aromatic heterocycles. The summed E-state index contributed by atoms with van der Waals surface area (Å²) in [5, 5.41) is 2.81. The predicted molar refractivity (Wildman–Crippen MR) is 48.9 cm³/mol. The fourth-order valence-electron chi connectivity index (χ4n) is 1.16. The third kappa shape index (κ3) is 1.33. The summed E-state index contributed by atoms with van der Waals surface area (Å²) in [5.41, 5.74) is 0.882. The highest BCUT2D eigenvalue weighted by Crippen LogP contribution is 2.15. The van der Waals surface area contributed by atoms with E-state index < -0.39 is 0 Å². The first kappa shape index (κ1) is 7.67. The summed E-state index contributed by atoms with van der Waals surface area (Å²) in [6, 6.07) is 9.44. The molecule has 0 aliphatic carbocycles. The van der Waals surface area contributed by atoms with Crippen LogP contribution in [0, 0.1) is 4.91 Å². The zero-order valence-electron chi connectivity index (χ0n) is 6.79. The van der Waals surface area contributed by atoms with Gasteiger partial charge in [0.25, 0.3) is 0 Å². The van der Waals surface area contributed by atoms with E-state index in [4.69, 9.17) is 0 Å². The van der Waals surface area contributed by atoms with Crippen LogP contribution in [0.15, 0.2) is 48.0 Å². The summed E-state index contributed by atoms with van der Waals surface area (Å²) in [4.78, 5) is 14.4. The van der Waals surface area contributed by atoms with Gasteiger partial charge in [-0.2, -0.15) is 4.68 Å². The number of imidazole rings is 1. The molecule has 1 heterocycles. The van der Waals surface area contributed by atoms with Crippen molar-refractivity contribution in [1.82, 2.24) is 9.66 Å². The maximum absolute atomic E-state index is 10.3. The second-order valence-electron chi connectivity index (χ2n) is 2.54. The van der Waals surface area contributed by atoms with Gasteiger partial charge in [-0.05, 0) is 0 Å². The second-order valence-corrected chi connectivity index (χ2v) is 2.54. The van der Waals surface area contributed by atoms with Gasteiger partial charge in [0.05, 0.1) is 11.5 Å². The van der Waals surface area contributed by atoms with Crippen molar-refractivity contribution in [1.29, 1.82) is 0 Å². The predicted octanol–water partition coefficient (Wildman–Crippen LogP) is 2.08. The van der Waals surface area contributed by atoms with Crippen LogP contribution in [0.3, 0.4) is 0 Å². The normalized spacial score (nSPS) is 9.85. The van der Waals surface area contributed by atoms with E-state index in [1.165, 1.54) is 10.9 Å². The molecule has 2 rings (SSSR count). The Hall–Kier alpha value is -1.97. The summed E-state index contributed by atoms with van der Waals surface area (Å²) in [5.74, 6) is 0.565. The van der Waals surface area contributed by atoms with E-state index in [-0.39, 0.29) is 0 Å². The van der Waals surface area contributed by atoms with Gasteiger partial charge in [-0.1, -0.05) is 30.3 Å². The lowest BCUT2D eigenvalue weighted by Gasteiger charge is -1.97. The highest BCUT2D eigenvalue weighted by molar-refractivity contribution is 5.54. The van der Waals surface area contributed by atoms with Crippen molar-refractivity contribution in [3.8, 4) is 11.4 Å². The fraction of sp³-hybridized carbons (Fsp3) is 0. The van der Waals surface area contributed by atoms with Gasteiger partial charge < -0.3 is 0 Å². The molecule has 0 spiro atoms. The lowest BCUT2D eigenvalue weighted by molar-refractivity contribution is 0.875. The molecule has 4 nitrogen and oxygen atoms in total. The van der Waals surface area contributed by atoms with Crippen LogP contribution in [0.5, 0.6) is 0 Å². The highest BCUT2D eigenvalue weighted by Gasteiger charge is 2.03. The van der Waals surface area contributed by atoms with E-state index in [0.29, 0.717) is 5.82 Å². The first-order valence-electron chi connectivity index (χ1n) is 3.84. The summed E-state index contributed by atoms with van der Waals surface area (Å²) in [6.45, 7) is 0. The molecule has 0 unspecified atom stereocenters. The Morgan fingerprint density at radius 1 is 1.23 bits per heavy atom. The number of hydrogen-bond donors (Lipinski definition) is 0. The molecule has 0 atom stereocenters. The van der Waals surface area contributed by atoms with Gasteiger partial charge in [-0.25, -0.2) is 4.98 Å². The Bertz CT molecular complexity index is 408. The summed E-state index contributed by atoms with van der Waals surface area (Å²) in [6.07, 6.45) is 3.07. The van der Waals surface area contributed by atoms with Crippen LogP contribution < -0.4 is 0 Å². The zero-order valence-corrected chi connectivity index (χ0v) is 6.79. The van der Waals surface area contributed by atoms with Gasteiger partial charge in [-0.15, -0.1) is 4.91 Å². The first-order chi connectivity index (χ1) is 6.42. The number of rotatable bonds is 2. The lowest BCUT2D eigenvalue weighted by Crippen LogP contribution is -1.89. The molecule has 0 radical (unpaired) electrons. The smallest absolute Gasteiger partial charge is 0.163 e. The van der Waals surface area contributed by atoms with E-state index >= 15 is 0 Å². The van der Waals surface area contributed by atoms with Crippen LogP contribution in [0.1, 0.15) is 0 Å². The summed E-state index contributed by atoms with van der Waals surface area (Å²) in [7, 11) is 0. The number of aromatic nitrogens is 2. The molecule has 64 valence electrons. The van der Waals surface area contributed by atoms with Crippen LogP contribution >= 0.6 is 0 Å². The number of nitroso groups, excluding NO2 is 1. The summed E-state index contributed by atoms with van der Waals surface area (Å²) >= 11 is 0. The van der Waals surface area contributed by atoms with Gasteiger partial charge in [0.15, 0.2) is 5.82 Å². The minimum atomic E-state index is 0.565. The van der Waals surface area contributed by atoms with Crippen molar-refractivity contribution >= 4 is 0 Å². The maximum Gasteiger partial charge on any atom is 0.163 e. The third-order valence-corrected chi connectivity index (χ3v) is 1.74. The number of nitrogens with zero attached hydrogens (tertiary/aromatic N) is 3. The van der Waals surface area contributed by atoms with E-state index in [1.54, 1.807) is 6.20 Å². The van der Waals surface area contributed by atoms with Crippen LogP contribution in [0.25, 0.3) is 11.4 Å². The first-order valence-corrected chi connectivity index (χ1v) is 3.84. The summed E-state index contributed by atoms with van der Waals surface area (Å²) < 4.78 is 1.20. The quantitative estimate of drug-likeness (QED) is 0.652. The van der Waals surface area contributed by atoms with Gasteiger partial charge >= 0.3 is 0 Å².